The highest BCUT2D eigenvalue weighted by Crippen LogP contribution is 2.25. The molecule has 22 heavy (non-hydrogen) atoms. The summed E-state index contributed by atoms with van der Waals surface area (Å²) in [6, 6.07) is 10.5. The number of aromatic nitrogens is 1. The number of aliphatic imine (C=N–C) groups is 1. The predicted octanol–water partition coefficient (Wildman–Crippen LogP) is 3.12. The lowest BCUT2D eigenvalue weighted by Crippen LogP contribution is -2.40. The van der Waals surface area contributed by atoms with Crippen LogP contribution in [0.5, 0.6) is 0 Å². The third-order valence-electron chi connectivity index (χ3n) is 3.86. The van der Waals surface area contributed by atoms with E-state index in [1.165, 1.54) is 29.5 Å². The number of rotatable bonds is 5. The van der Waals surface area contributed by atoms with Crippen LogP contribution in [0.15, 0.2) is 35.3 Å². The van der Waals surface area contributed by atoms with E-state index in [0.717, 1.165) is 30.0 Å². The Morgan fingerprint density at radius 1 is 1.36 bits per heavy atom. The van der Waals surface area contributed by atoms with Crippen molar-refractivity contribution < 1.29 is 0 Å². The molecule has 118 valence electrons. The molecule has 0 spiro atoms. The van der Waals surface area contributed by atoms with Gasteiger partial charge in [0.2, 0.25) is 0 Å². The molecule has 1 aliphatic rings. The highest BCUT2D eigenvalue weighted by atomic mass is 32.2. The number of thioether (sulfide) groups is 1. The van der Waals surface area contributed by atoms with Crippen molar-refractivity contribution in [1.82, 2.24) is 15.6 Å². The van der Waals surface area contributed by atoms with Crippen LogP contribution in [0.25, 0.3) is 10.9 Å². The Labute approximate surface area is 136 Å². The third kappa shape index (κ3) is 3.97. The predicted molar refractivity (Wildman–Crippen MR) is 96.6 cm³/mol. The standard InChI is InChI=1S/C17H24N4S/c1-2-18-17(20-12-15-7-5-9-22-15)19-11-14-10-13-6-3-4-8-16(13)21-14/h3-4,6,8,10,15,21H,2,5,7,9,11-12H2,1H3,(H2,18,19,20). The molecule has 0 amide bonds. The van der Waals surface area contributed by atoms with Crippen LogP contribution in [0.1, 0.15) is 25.5 Å². The van der Waals surface area contributed by atoms with E-state index < -0.39 is 0 Å². The van der Waals surface area contributed by atoms with Gasteiger partial charge in [0.1, 0.15) is 0 Å². The van der Waals surface area contributed by atoms with Gasteiger partial charge in [0.25, 0.3) is 0 Å². The third-order valence-corrected chi connectivity index (χ3v) is 5.26. The summed E-state index contributed by atoms with van der Waals surface area (Å²) in [6.45, 7) is 4.66. The van der Waals surface area contributed by atoms with Gasteiger partial charge in [-0.05, 0) is 43.0 Å². The molecule has 1 aromatic heterocycles. The Morgan fingerprint density at radius 2 is 2.27 bits per heavy atom. The number of guanidine groups is 1. The molecule has 3 rings (SSSR count). The Balaban J connectivity index is 1.61. The molecule has 0 aliphatic carbocycles. The molecule has 5 heteroatoms. The minimum Gasteiger partial charge on any atom is -0.357 e. The first kappa shape index (κ1) is 15.3. The maximum atomic E-state index is 4.69. The minimum atomic E-state index is 0.668. The fraction of sp³-hybridized carbons (Fsp3) is 0.471. The van der Waals surface area contributed by atoms with Gasteiger partial charge < -0.3 is 15.6 Å². The molecule has 0 saturated carbocycles. The summed E-state index contributed by atoms with van der Waals surface area (Å²) < 4.78 is 0. The monoisotopic (exact) mass is 316 g/mol. The average Bonchev–Trinajstić information content (AvgIpc) is 3.18. The number of H-pyrrole nitrogens is 1. The normalized spacial score (nSPS) is 18.8. The van der Waals surface area contributed by atoms with Crippen LogP contribution in [0.2, 0.25) is 0 Å². The lowest BCUT2D eigenvalue weighted by atomic mass is 10.2. The molecule has 1 aromatic carbocycles. The van der Waals surface area contributed by atoms with Crippen molar-refractivity contribution in [3.05, 3.63) is 36.0 Å². The summed E-state index contributed by atoms with van der Waals surface area (Å²) in [5, 5.41) is 8.77. The minimum absolute atomic E-state index is 0.668. The van der Waals surface area contributed by atoms with Crippen LogP contribution in [-0.2, 0) is 6.54 Å². The number of hydrogen-bond acceptors (Lipinski definition) is 2. The largest absolute Gasteiger partial charge is 0.357 e. The van der Waals surface area contributed by atoms with Gasteiger partial charge in [0, 0.05) is 29.6 Å². The number of aromatic amines is 1. The summed E-state index contributed by atoms with van der Waals surface area (Å²) in [5.41, 5.74) is 2.32. The molecular weight excluding hydrogens is 292 g/mol. The lowest BCUT2D eigenvalue weighted by molar-refractivity contribution is 0.726. The quantitative estimate of drug-likeness (QED) is 0.587. The molecule has 0 bridgehead atoms. The number of fused-ring (bicyclic) bond motifs is 1. The van der Waals surface area contributed by atoms with Crippen LogP contribution in [0, 0.1) is 0 Å². The Morgan fingerprint density at radius 3 is 3.05 bits per heavy atom. The Kier molecular flexibility index (Phi) is 5.27. The molecule has 2 aromatic rings. The molecule has 4 nitrogen and oxygen atoms in total. The first-order valence-electron chi connectivity index (χ1n) is 8.05. The number of nitrogens with zero attached hydrogens (tertiary/aromatic N) is 1. The molecule has 1 atom stereocenters. The van der Waals surface area contributed by atoms with Crippen LogP contribution >= 0.6 is 11.8 Å². The summed E-state index contributed by atoms with van der Waals surface area (Å²) in [7, 11) is 0. The van der Waals surface area contributed by atoms with Crippen molar-refractivity contribution in [3.63, 3.8) is 0 Å². The Hall–Kier alpha value is -1.62. The van der Waals surface area contributed by atoms with Gasteiger partial charge in [-0.15, -0.1) is 0 Å². The SMILES string of the molecule is CCNC(=NCc1cc2ccccc2[nH]1)NCC1CCCS1. The molecule has 0 radical (unpaired) electrons. The fourth-order valence-electron chi connectivity index (χ4n) is 2.74. The maximum absolute atomic E-state index is 4.69. The number of nitrogens with one attached hydrogen (secondary N) is 3. The van der Waals surface area contributed by atoms with Gasteiger partial charge >= 0.3 is 0 Å². The second-order valence-corrected chi connectivity index (χ2v) is 7.00. The molecule has 1 unspecified atom stereocenters. The molecule has 2 heterocycles. The topological polar surface area (TPSA) is 52.2 Å². The maximum Gasteiger partial charge on any atom is 0.191 e. The van der Waals surface area contributed by atoms with Gasteiger partial charge in [-0.2, -0.15) is 11.8 Å². The fourth-order valence-corrected chi connectivity index (χ4v) is 3.94. The van der Waals surface area contributed by atoms with Crippen molar-refractivity contribution in [2.75, 3.05) is 18.8 Å². The highest BCUT2D eigenvalue weighted by molar-refractivity contribution is 8.00. The molecule has 1 aliphatic heterocycles. The van der Waals surface area contributed by atoms with Crippen molar-refractivity contribution in [1.29, 1.82) is 0 Å². The smallest absolute Gasteiger partial charge is 0.191 e. The first-order chi connectivity index (χ1) is 10.8. The van der Waals surface area contributed by atoms with E-state index in [0.29, 0.717) is 6.54 Å². The zero-order valence-electron chi connectivity index (χ0n) is 13.1. The second kappa shape index (κ2) is 7.58. The molecule has 3 N–H and O–H groups in total. The Bertz CT molecular complexity index is 595. The van der Waals surface area contributed by atoms with Gasteiger partial charge in [-0.1, -0.05) is 18.2 Å². The van der Waals surface area contributed by atoms with Gasteiger partial charge in [0.05, 0.1) is 6.54 Å². The second-order valence-electron chi connectivity index (χ2n) is 5.59. The highest BCUT2D eigenvalue weighted by Gasteiger charge is 2.15. The molecule has 1 fully saturated rings. The first-order valence-corrected chi connectivity index (χ1v) is 9.10. The molecular formula is C17H24N4S. The number of hydrogen-bond donors (Lipinski definition) is 3. The summed E-state index contributed by atoms with van der Waals surface area (Å²) in [4.78, 5) is 8.12. The van der Waals surface area contributed by atoms with Crippen LogP contribution in [0.3, 0.4) is 0 Å². The van der Waals surface area contributed by atoms with E-state index in [9.17, 15) is 0 Å². The van der Waals surface area contributed by atoms with Crippen LogP contribution in [-0.4, -0.2) is 35.0 Å². The van der Waals surface area contributed by atoms with Crippen molar-refractivity contribution in [2.24, 2.45) is 4.99 Å². The zero-order chi connectivity index (χ0) is 15.2. The van der Waals surface area contributed by atoms with Crippen LogP contribution in [0.4, 0.5) is 0 Å². The van der Waals surface area contributed by atoms with Gasteiger partial charge in [-0.25, -0.2) is 4.99 Å². The summed E-state index contributed by atoms with van der Waals surface area (Å²) >= 11 is 2.07. The summed E-state index contributed by atoms with van der Waals surface area (Å²) in [5.74, 6) is 2.21. The van der Waals surface area contributed by atoms with Crippen molar-refractivity contribution >= 4 is 28.6 Å². The van der Waals surface area contributed by atoms with E-state index in [1.54, 1.807) is 0 Å². The zero-order valence-corrected chi connectivity index (χ0v) is 13.9. The van der Waals surface area contributed by atoms with E-state index in [1.807, 2.05) is 0 Å². The summed E-state index contributed by atoms with van der Waals surface area (Å²) in [6.07, 6.45) is 2.67. The number of benzene rings is 1. The van der Waals surface area contributed by atoms with Crippen LogP contribution < -0.4 is 10.6 Å². The molecule has 1 saturated heterocycles. The van der Waals surface area contributed by atoms with Gasteiger partial charge in [0.15, 0.2) is 5.96 Å². The van der Waals surface area contributed by atoms with Gasteiger partial charge in [-0.3, -0.25) is 0 Å². The van der Waals surface area contributed by atoms with E-state index in [2.05, 4.69) is 64.6 Å². The van der Waals surface area contributed by atoms with E-state index in [4.69, 9.17) is 4.99 Å². The number of para-hydroxylation sites is 1. The van der Waals surface area contributed by atoms with Crippen molar-refractivity contribution in [2.45, 2.75) is 31.6 Å². The lowest BCUT2D eigenvalue weighted by Gasteiger charge is -2.14. The van der Waals surface area contributed by atoms with E-state index in [-0.39, 0.29) is 0 Å². The average molecular weight is 316 g/mol. The van der Waals surface area contributed by atoms with E-state index >= 15 is 0 Å². The van der Waals surface area contributed by atoms with Crippen molar-refractivity contribution in [3.8, 4) is 0 Å².